The van der Waals surface area contributed by atoms with Crippen LogP contribution in [0.3, 0.4) is 0 Å². The van der Waals surface area contributed by atoms with Gasteiger partial charge in [-0.25, -0.2) is 8.42 Å². The first-order valence-corrected chi connectivity index (χ1v) is 10.4. The second kappa shape index (κ2) is 6.53. The highest BCUT2D eigenvalue weighted by molar-refractivity contribution is 7.90. The molecule has 3 aliphatic rings. The normalized spacial score (nSPS) is 22.4. The van der Waals surface area contributed by atoms with Crippen molar-refractivity contribution in [3.8, 4) is 0 Å². The maximum atomic E-state index is 12.6. The van der Waals surface area contributed by atoms with Gasteiger partial charge in [-0.1, -0.05) is 0 Å². The molecular formula is C16H23N5O3S. The summed E-state index contributed by atoms with van der Waals surface area (Å²) in [6.45, 7) is 3.51. The smallest absolute Gasteiger partial charge is 0.274 e. The van der Waals surface area contributed by atoms with E-state index in [0.29, 0.717) is 31.9 Å². The molecule has 0 atom stereocenters. The lowest BCUT2D eigenvalue weighted by atomic mass is 10.3. The first-order chi connectivity index (χ1) is 12.1. The number of hydrogen-bond donors (Lipinski definition) is 0. The van der Waals surface area contributed by atoms with Crippen LogP contribution in [0.4, 0.5) is 5.82 Å². The van der Waals surface area contributed by atoms with Crippen molar-refractivity contribution in [2.45, 2.75) is 30.9 Å². The number of anilines is 1. The van der Waals surface area contributed by atoms with Gasteiger partial charge in [-0.15, -0.1) is 10.2 Å². The minimum absolute atomic E-state index is 0.177. The predicted octanol–water partition coefficient (Wildman–Crippen LogP) is 0.327. The van der Waals surface area contributed by atoms with Crippen molar-refractivity contribution in [1.82, 2.24) is 19.4 Å². The van der Waals surface area contributed by atoms with E-state index in [0.717, 1.165) is 44.6 Å². The van der Waals surface area contributed by atoms with E-state index in [1.54, 1.807) is 11.0 Å². The molecule has 1 aromatic rings. The van der Waals surface area contributed by atoms with E-state index in [4.69, 9.17) is 0 Å². The third kappa shape index (κ3) is 3.35. The molecular weight excluding hydrogens is 342 g/mol. The average Bonchev–Trinajstić information content (AvgIpc) is 3.38. The van der Waals surface area contributed by atoms with Gasteiger partial charge in [0.2, 0.25) is 10.0 Å². The molecule has 2 aliphatic heterocycles. The van der Waals surface area contributed by atoms with Crippen LogP contribution in [0, 0.1) is 0 Å². The van der Waals surface area contributed by atoms with Crippen LogP contribution in [0.5, 0.6) is 0 Å². The molecule has 0 unspecified atom stereocenters. The van der Waals surface area contributed by atoms with Gasteiger partial charge in [0.25, 0.3) is 5.91 Å². The summed E-state index contributed by atoms with van der Waals surface area (Å²) in [6.07, 6.45) is 3.85. The fraction of sp³-hybridized carbons (Fsp3) is 0.688. The zero-order valence-electron chi connectivity index (χ0n) is 14.2. The molecule has 1 aromatic heterocycles. The Kier molecular flexibility index (Phi) is 4.36. The van der Waals surface area contributed by atoms with Gasteiger partial charge in [-0.2, -0.15) is 4.31 Å². The summed E-state index contributed by atoms with van der Waals surface area (Å²) in [5, 5.41) is 8.08. The molecule has 0 bridgehead atoms. The largest absolute Gasteiger partial charge is 0.355 e. The van der Waals surface area contributed by atoms with Crippen LogP contribution in [0.25, 0.3) is 0 Å². The van der Waals surface area contributed by atoms with Gasteiger partial charge in [0.1, 0.15) is 0 Å². The molecule has 3 fully saturated rings. The Labute approximate surface area is 147 Å². The number of hydrogen-bond acceptors (Lipinski definition) is 6. The molecule has 4 rings (SSSR count). The maximum Gasteiger partial charge on any atom is 0.274 e. The van der Waals surface area contributed by atoms with E-state index < -0.39 is 10.0 Å². The van der Waals surface area contributed by atoms with Gasteiger partial charge < -0.3 is 9.80 Å². The number of aromatic nitrogens is 2. The summed E-state index contributed by atoms with van der Waals surface area (Å²) in [7, 11) is -3.16. The van der Waals surface area contributed by atoms with Crippen molar-refractivity contribution in [2.75, 3.05) is 44.2 Å². The van der Waals surface area contributed by atoms with Gasteiger partial charge in [-0.3, -0.25) is 4.79 Å². The molecule has 9 heteroatoms. The summed E-state index contributed by atoms with van der Waals surface area (Å²) < 4.78 is 26.0. The van der Waals surface area contributed by atoms with E-state index in [2.05, 4.69) is 15.1 Å². The molecule has 3 heterocycles. The quantitative estimate of drug-likeness (QED) is 0.764. The average molecular weight is 365 g/mol. The minimum Gasteiger partial charge on any atom is -0.355 e. The highest BCUT2D eigenvalue weighted by atomic mass is 32.2. The molecule has 8 nitrogen and oxygen atoms in total. The number of carbonyl (C=O) groups excluding carboxylic acids is 1. The van der Waals surface area contributed by atoms with E-state index in [-0.39, 0.29) is 11.2 Å². The molecule has 1 saturated carbocycles. The minimum atomic E-state index is -3.16. The molecule has 25 heavy (non-hydrogen) atoms. The fourth-order valence-electron chi connectivity index (χ4n) is 3.44. The molecule has 136 valence electrons. The van der Waals surface area contributed by atoms with Crippen LogP contribution in [-0.4, -0.2) is 78.2 Å². The van der Waals surface area contributed by atoms with Crippen LogP contribution < -0.4 is 4.90 Å². The Morgan fingerprint density at radius 2 is 1.64 bits per heavy atom. The first kappa shape index (κ1) is 16.7. The van der Waals surface area contributed by atoms with E-state index in [9.17, 15) is 13.2 Å². The zero-order valence-corrected chi connectivity index (χ0v) is 15.0. The molecule has 1 aliphatic carbocycles. The molecule has 1 amide bonds. The summed E-state index contributed by atoms with van der Waals surface area (Å²) in [5.41, 5.74) is 0.321. The van der Waals surface area contributed by atoms with Crippen molar-refractivity contribution in [3.05, 3.63) is 17.8 Å². The highest BCUT2D eigenvalue weighted by Gasteiger charge is 2.41. The van der Waals surface area contributed by atoms with E-state index in [1.165, 1.54) is 4.31 Å². The molecule has 0 N–H and O–H groups in total. The van der Waals surface area contributed by atoms with Crippen LogP contribution in [0.1, 0.15) is 36.2 Å². The lowest BCUT2D eigenvalue weighted by Gasteiger charge is -2.33. The van der Waals surface area contributed by atoms with Gasteiger partial charge in [0, 0.05) is 39.3 Å². The standard InChI is InChI=1S/C16H23N5O3S/c22-16(14-5-6-15(18-17-14)19-7-1-2-8-19)20-9-11-21(12-10-20)25(23,24)13-3-4-13/h5-6,13H,1-4,7-12H2. The Balaban J connectivity index is 1.37. The van der Waals surface area contributed by atoms with Crippen molar-refractivity contribution >= 4 is 21.7 Å². The van der Waals surface area contributed by atoms with Crippen molar-refractivity contribution < 1.29 is 13.2 Å². The molecule has 0 aromatic carbocycles. The van der Waals surface area contributed by atoms with Crippen molar-refractivity contribution in [2.24, 2.45) is 0 Å². The maximum absolute atomic E-state index is 12.6. The van der Waals surface area contributed by atoms with Crippen LogP contribution in [0.2, 0.25) is 0 Å². The van der Waals surface area contributed by atoms with Crippen LogP contribution >= 0.6 is 0 Å². The fourth-order valence-corrected chi connectivity index (χ4v) is 5.26. The zero-order chi connectivity index (χ0) is 17.4. The van der Waals surface area contributed by atoms with Crippen molar-refractivity contribution in [3.63, 3.8) is 0 Å². The van der Waals surface area contributed by atoms with Crippen LogP contribution in [0.15, 0.2) is 12.1 Å². The van der Waals surface area contributed by atoms with Gasteiger partial charge in [0.15, 0.2) is 11.5 Å². The second-order valence-corrected chi connectivity index (χ2v) is 9.12. The highest BCUT2D eigenvalue weighted by Crippen LogP contribution is 2.31. The lowest BCUT2D eigenvalue weighted by molar-refractivity contribution is 0.0690. The number of sulfonamides is 1. The Bertz CT molecular complexity index is 734. The topological polar surface area (TPSA) is 86.7 Å². The predicted molar refractivity (Wildman–Crippen MR) is 92.9 cm³/mol. The van der Waals surface area contributed by atoms with Gasteiger partial charge in [0.05, 0.1) is 5.25 Å². The summed E-state index contributed by atoms with van der Waals surface area (Å²) in [4.78, 5) is 16.4. The SMILES string of the molecule is O=C(c1ccc(N2CCCC2)nn1)N1CCN(S(=O)(=O)C2CC2)CC1. The Morgan fingerprint density at radius 1 is 0.960 bits per heavy atom. The Morgan fingerprint density at radius 3 is 2.20 bits per heavy atom. The molecule has 0 radical (unpaired) electrons. The number of carbonyl (C=O) groups is 1. The lowest BCUT2D eigenvalue weighted by Crippen LogP contribution is -2.51. The number of piperazine rings is 1. The monoisotopic (exact) mass is 365 g/mol. The summed E-state index contributed by atoms with van der Waals surface area (Å²) >= 11 is 0. The third-order valence-electron chi connectivity index (χ3n) is 5.13. The van der Waals surface area contributed by atoms with E-state index >= 15 is 0 Å². The van der Waals surface area contributed by atoms with Crippen LogP contribution in [-0.2, 0) is 10.0 Å². The molecule has 0 spiro atoms. The number of rotatable bonds is 4. The number of nitrogens with zero attached hydrogens (tertiary/aromatic N) is 5. The molecule has 2 saturated heterocycles. The number of amides is 1. The Hall–Kier alpha value is -1.74. The van der Waals surface area contributed by atoms with Gasteiger partial charge in [-0.05, 0) is 37.8 Å². The second-order valence-electron chi connectivity index (χ2n) is 6.91. The van der Waals surface area contributed by atoms with Crippen molar-refractivity contribution in [1.29, 1.82) is 0 Å². The van der Waals surface area contributed by atoms with Gasteiger partial charge >= 0.3 is 0 Å². The first-order valence-electron chi connectivity index (χ1n) is 8.92. The summed E-state index contributed by atoms with van der Waals surface area (Å²) in [6, 6.07) is 3.57. The third-order valence-corrected chi connectivity index (χ3v) is 7.53. The van der Waals surface area contributed by atoms with E-state index in [1.807, 2.05) is 6.07 Å². The summed E-state index contributed by atoms with van der Waals surface area (Å²) in [5.74, 6) is 0.637.